The summed E-state index contributed by atoms with van der Waals surface area (Å²) in [6, 6.07) is 12.1. The lowest BCUT2D eigenvalue weighted by Gasteiger charge is -2.30. The quantitative estimate of drug-likeness (QED) is 0.310. The molecule has 7 nitrogen and oxygen atoms in total. The Balaban J connectivity index is 0.00000274. The van der Waals surface area contributed by atoms with Crippen LogP contribution in [-0.4, -0.2) is 53.2 Å². The third-order valence-corrected chi connectivity index (χ3v) is 6.49. The maximum absolute atomic E-state index is 6.11. The van der Waals surface area contributed by atoms with E-state index in [9.17, 15) is 0 Å². The molecule has 1 aliphatic heterocycles. The standard InChI is InChI=1S/C26H31N5O2.ClH/c1-18-7-11-31(12-8-18)10-3-13-33-25-16-23-21(15-24(25)32-2)26(29-17-28-23)30-20-5-4-19-6-9-27-22(19)14-20;/h4-6,9,14-18,27H,3,7-8,10-13H2,1-2H3,(H,28,29,30);1H. The van der Waals surface area contributed by atoms with Crippen molar-refractivity contribution in [2.24, 2.45) is 5.92 Å². The van der Waals surface area contributed by atoms with E-state index in [1.165, 1.54) is 31.3 Å². The highest BCUT2D eigenvalue weighted by molar-refractivity contribution is 5.94. The van der Waals surface area contributed by atoms with Crippen LogP contribution in [0.5, 0.6) is 11.5 Å². The van der Waals surface area contributed by atoms with E-state index >= 15 is 0 Å². The molecule has 3 heterocycles. The van der Waals surface area contributed by atoms with Gasteiger partial charge in [-0.05, 0) is 67.9 Å². The first-order valence-electron chi connectivity index (χ1n) is 11.7. The van der Waals surface area contributed by atoms with Crippen LogP contribution in [0.1, 0.15) is 26.2 Å². The highest BCUT2D eigenvalue weighted by Crippen LogP contribution is 2.35. The van der Waals surface area contributed by atoms with Crippen molar-refractivity contribution < 1.29 is 9.47 Å². The minimum absolute atomic E-state index is 0. The fraction of sp³-hybridized carbons (Fsp3) is 0.385. The van der Waals surface area contributed by atoms with Gasteiger partial charge in [0.05, 0.1) is 19.2 Å². The van der Waals surface area contributed by atoms with Crippen LogP contribution in [0, 0.1) is 5.92 Å². The molecule has 0 saturated carbocycles. The Morgan fingerprint density at radius 3 is 2.76 bits per heavy atom. The molecular weight excluding hydrogens is 450 g/mol. The molecule has 4 aromatic rings. The van der Waals surface area contributed by atoms with Gasteiger partial charge in [-0.2, -0.15) is 0 Å². The van der Waals surface area contributed by atoms with Crippen molar-refractivity contribution in [3.8, 4) is 11.5 Å². The first-order valence-corrected chi connectivity index (χ1v) is 11.7. The number of rotatable bonds is 8. The van der Waals surface area contributed by atoms with Gasteiger partial charge in [0, 0.05) is 35.4 Å². The van der Waals surface area contributed by atoms with Gasteiger partial charge in [0.1, 0.15) is 12.1 Å². The number of ether oxygens (including phenoxy) is 2. The molecule has 0 unspecified atom stereocenters. The normalized spacial score (nSPS) is 14.8. The maximum atomic E-state index is 6.11. The number of likely N-dealkylation sites (tertiary alicyclic amines) is 1. The Morgan fingerprint density at radius 1 is 1.09 bits per heavy atom. The Labute approximate surface area is 206 Å². The number of nitrogens with zero attached hydrogens (tertiary/aromatic N) is 3. The van der Waals surface area contributed by atoms with E-state index in [2.05, 4.69) is 50.3 Å². The third-order valence-electron chi connectivity index (χ3n) is 6.49. The SMILES string of the molecule is COc1cc2c(Nc3ccc4cc[nH]c4c3)ncnc2cc1OCCCN1CCC(C)CC1.Cl. The number of methoxy groups -OCH3 is 1. The predicted octanol–water partition coefficient (Wildman–Crippen LogP) is 5.79. The lowest BCUT2D eigenvalue weighted by atomic mass is 9.99. The Kier molecular flexibility index (Phi) is 7.75. The van der Waals surface area contributed by atoms with Gasteiger partial charge in [-0.25, -0.2) is 9.97 Å². The minimum Gasteiger partial charge on any atom is -0.493 e. The fourth-order valence-corrected chi connectivity index (χ4v) is 4.45. The molecule has 0 radical (unpaired) electrons. The highest BCUT2D eigenvalue weighted by Gasteiger charge is 2.16. The van der Waals surface area contributed by atoms with Crippen LogP contribution < -0.4 is 14.8 Å². The molecule has 0 spiro atoms. The van der Waals surface area contributed by atoms with Gasteiger partial charge < -0.3 is 24.7 Å². The third kappa shape index (κ3) is 5.37. The van der Waals surface area contributed by atoms with Gasteiger partial charge in [-0.3, -0.25) is 0 Å². The molecule has 1 saturated heterocycles. The first kappa shape index (κ1) is 24.1. The minimum atomic E-state index is 0. The number of hydrogen-bond donors (Lipinski definition) is 2. The number of benzene rings is 2. The molecular formula is C26H32ClN5O2. The van der Waals surface area contributed by atoms with E-state index < -0.39 is 0 Å². The summed E-state index contributed by atoms with van der Waals surface area (Å²) in [5, 5.41) is 5.48. The summed E-state index contributed by atoms with van der Waals surface area (Å²) >= 11 is 0. The molecule has 2 aromatic carbocycles. The Hall–Kier alpha value is -3.03. The van der Waals surface area contributed by atoms with Crippen LogP contribution in [0.4, 0.5) is 11.5 Å². The van der Waals surface area contributed by atoms with E-state index in [0.717, 1.165) is 52.6 Å². The van der Waals surface area contributed by atoms with Crippen molar-refractivity contribution in [1.29, 1.82) is 0 Å². The zero-order chi connectivity index (χ0) is 22.6. The molecule has 8 heteroatoms. The summed E-state index contributed by atoms with van der Waals surface area (Å²) in [5.74, 6) is 2.99. The topological polar surface area (TPSA) is 75.3 Å². The van der Waals surface area contributed by atoms with Crippen LogP contribution in [0.3, 0.4) is 0 Å². The summed E-state index contributed by atoms with van der Waals surface area (Å²) < 4.78 is 11.8. The number of anilines is 2. The number of aromatic nitrogens is 3. The molecule has 0 atom stereocenters. The first-order chi connectivity index (χ1) is 16.2. The van der Waals surface area contributed by atoms with Gasteiger partial charge in [-0.1, -0.05) is 13.0 Å². The van der Waals surface area contributed by atoms with Gasteiger partial charge in [0.15, 0.2) is 11.5 Å². The molecule has 0 bridgehead atoms. The number of hydrogen-bond acceptors (Lipinski definition) is 6. The van der Waals surface area contributed by atoms with Crippen LogP contribution in [0.2, 0.25) is 0 Å². The van der Waals surface area contributed by atoms with Crippen molar-refractivity contribution in [2.75, 3.05) is 38.7 Å². The van der Waals surface area contributed by atoms with E-state index in [-0.39, 0.29) is 12.4 Å². The van der Waals surface area contributed by atoms with E-state index in [4.69, 9.17) is 9.47 Å². The van der Waals surface area contributed by atoms with E-state index in [0.29, 0.717) is 12.4 Å². The largest absolute Gasteiger partial charge is 0.493 e. The van der Waals surface area contributed by atoms with Crippen LogP contribution in [-0.2, 0) is 0 Å². The monoisotopic (exact) mass is 481 g/mol. The number of nitrogens with one attached hydrogen (secondary N) is 2. The van der Waals surface area contributed by atoms with Crippen molar-refractivity contribution in [1.82, 2.24) is 19.9 Å². The molecule has 0 amide bonds. The molecule has 0 aliphatic carbocycles. The van der Waals surface area contributed by atoms with Crippen LogP contribution in [0.15, 0.2) is 48.9 Å². The summed E-state index contributed by atoms with van der Waals surface area (Å²) in [4.78, 5) is 14.7. The zero-order valence-electron chi connectivity index (χ0n) is 19.7. The number of halogens is 1. The van der Waals surface area contributed by atoms with Crippen LogP contribution >= 0.6 is 12.4 Å². The lowest BCUT2D eigenvalue weighted by Crippen LogP contribution is -2.34. The van der Waals surface area contributed by atoms with Crippen LogP contribution in [0.25, 0.3) is 21.8 Å². The fourth-order valence-electron chi connectivity index (χ4n) is 4.45. The maximum Gasteiger partial charge on any atom is 0.163 e. The summed E-state index contributed by atoms with van der Waals surface area (Å²) in [6.07, 6.45) is 7.11. The number of piperidine rings is 1. The molecule has 2 N–H and O–H groups in total. The Morgan fingerprint density at radius 2 is 1.94 bits per heavy atom. The molecule has 1 fully saturated rings. The number of aromatic amines is 1. The molecule has 5 rings (SSSR count). The zero-order valence-corrected chi connectivity index (χ0v) is 20.5. The van der Waals surface area contributed by atoms with E-state index in [1.807, 2.05) is 24.4 Å². The second-order valence-electron chi connectivity index (χ2n) is 8.87. The van der Waals surface area contributed by atoms with Crippen molar-refractivity contribution >= 4 is 45.7 Å². The Bertz CT molecular complexity index is 1240. The van der Waals surface area contributed by atoms with Gasteiger partial charge in [-0.15, -0.1) is 12.4 Å². The molecule has 34 heavy (non-hydrogen) atoms. The highest BCUT2D eigenvalue weighted by atomic mass is 35.5. The number of fused-ring (bicyclic) bond motifs is 2. The van der Waals surface area contributed by atoms with Crippen molar-refractivity contribution in [3.63, 3.8) is 0 Å². The molecule has 180 valence electrons. The lowest BCUT2D eigenvalue weighted by molar-refractivity contribution is 0.176. The summed E-state index contributed by atoms with van der Waals surface area (Å²) in [5.41, 5.74) is 2.84. The van der Waals surface area contributed by atoms with Gasteiger partial charge in [0.25, 0.3) is 0 Å². The van der Waals surface area contributed by atoms with E-state index in [1.54, 1.807) is 13.4 Å². The van der Waals surface area contributed by atoms with Crippen molar-refractivity contribution in [3.05, 3.63) is 48.9 Å². The molecule has 2 aromatic heterocycles. The van der Waals surface area contributed by atoms with Gasteiger partial charge in [0.2, 0.25) is 0 Å². The smallest absolute Gasteiger partial charge is 0.163 e. The molecule has 1 aliphatic rings. The number of H-pyrrole nitrogens is 1. The average molecular weight is 482 g/mol. The summed E-state index contributed by atoms with van der Waals surface area (Å²) in [7, 11) is 1.67. The predicted molar refractivity (Wildman–Crippen MR) is 140 cm³/mol. The average Bonchev–Trinajstić information content (AvgIpc) is 3.30. The summed E-state index contributed by atoms with van der Waals surface area (Å²) in [6.45, 7) is 6.47. The van der Waals surface area contributed by atoms with Crippen molar-refractivity contribution in [2.45, 2.75) is 26.2 Å². The second kappa shape index (κ2) is 10.9. The second-order valence-corrected chi connectivity index (χ2v) is 8.87. The van der Waals surface area contributed by atoms with Gasteiger partial charge >= 0.3 is 0 Å².